The molecule has 1 aliphatic carbocycles. The first kappa shape index (κ1) is 13.0. The Morgan fingerprint density at radius 1 is 1.44 bits per heavy atom. The number of carbonyl (C=O) groups is 2. The second-order valence-electron chi connectivity index (χ2n) is 3.99. The van der Waals surface area contributed by atoms with Crippen LogP contribution in [0.2, 0.25) is 0 Å². The zero-order valence-corrected chi connectivity index (χ0v) is 9.94. The first-order valence-electron chi connectivity index (χ1n) is 5.84. The monoisotopic (exact) mass is 228 g/mol. The molecule has 16 heavy (non-hydrogen) atoms. The molecule has 5 heteroatoms. The molecule has 1 amide bonds. The SMILES string of the molecule is CCCN(C(=O)C(N)C(=O)OCC)C1CC1. The Morgan fingerprint density at radius 3 is 2.50 bits per heavy atom. The lowest BCUT2D eigenvalue weighted by Gasteiger charge is -2.24. The summed E-state index contributed by atoms with van der Waals surface area (Å²) in [6, 6.07) is -0.875. The highest BCUT2D eigenvalue weighted by atomic mass is 16.5. The molecular formula is C11H20N2O3. The minimum atomic E-state index is -1.16. The third-order valence-electron chi connectivity index (χ3n) is 2.54. The Balaban J connectivity index is 2.55. The highest BCUT2D eigenvalue weighted by Crippen LogP contribution is 2.27. The summed E-state index contributed by atoms with van der Waals surface area (Å²) in [6.07, 6.45) is 2.90. The van der Waals surface area contributed by atoms with Gasteiger partial charge in [0, 0.05) is 12.6 Å². The van der Waals surface area contributed by atoms with Crippen molar-refractivity contribution in [3.8, 4) is 0 Å². The number of amides is 1. The molecule has 1 atom stereocenters. The first-order chi connectivity index (χ1) is 7.61. The summed E-state index contributed by atoms with van der Waals surface area (Å²) in [7, 11) is 0. The standard InChI is InChI=1S/C11H20N2O3/c1-3-7-13(8-5-6-8)10(14)9(12)11(15)16-4-2/h8-9H,3-7,12H2,1-2H3. The molecule has 0 aliphatic heterocycles. The molecule has 2 N–H and O–H groups in total. The third-order valence-corrected chi connectivity index (χ3v) is 2.54. The van der Waals surface area contributed by atoms with Gasteiger partial charge in [0.15, 0.2) is 6.04 Å². The number of rotatable bonds is 6. The normalized spacial score (nSPS) is 16.7. The zero-order valence-electron chi connectivity index (χ0n) is 9.94. The fourth-order valence-corrected chi connectivity index (χ4v) is 1.61. The molecule has 0 aromatic carbocycles. The number of hydrogen-bond donors (Lipinski definition) is 1. The summed E-state index contributed by atoms with van der Waals surface area (Å²) in [5, 5.41) is 0. The average Bonchev–Trinajstić information content (AvgIpc) is 3.08. The summed E-state index contributed by atoms with van der Waals surface area (Å²) in [5.41, 5.74) is 5.58. The molecule has 1 unspecified atom stereocenters. The molecule has 1 aliphatic rings. The van der Waals surface area contributed by atoms with Crippen molar-refractivity contribution in [3.05, 3.63) is 0 Å². The largest absolute Gasteiger partial charge is 0.464 e. The van der Waals surface area contributed by atoms with Gasteiger partial charge in [-0.15, -0.1) is 0 Å². The van der Waals surface area contributed by atoms with Crippen molar-refractivity contribution < 1.29 is 14.3 Å². The van der Waals surface area contributed by atoms with Gasteiger partial charge in [-0.2, -0.15) is 0 Å². The fraction of sp³-hybridized carbons (Fsp3) is 0.818. The van der Waals surface area contributed by atoms with Crippen LogP contribution >= 0.6 is 0 Å². The lowest BCUT2D eigenvalue weighted by Crippen LogP contribution is -2.50. The predicted octanol–water partition coefficient (Wildman–Crippen LogP) is 0.278. The van der Waals surface area contributed by atoms with Gasteiger partial charge in [-0.1, -0.05) is 6.92 Å². The average molecular weight is 228 g/mol. The fourth-order valence-electron chi connectivity index (χ4n) is 1.61. The van der Waals surface area contributed by atoms with Crippen LogP contribution in [0.4, 0.5) is 0 Å². The van der Waals surface area contributed by atoms with E-state index in [1.807, 2.05) is 6.92 Å². The van der Waals surface area contributed by atoms with Crippen LogP contribution < -0.4 is 5.73 Å². The molecule has 1 fully saturated rings. The molecule has 0 radical (unpaired) electrons. The van der Waals surface area contributed by atoms with Crippen LogP contribution in [0.5, 0.6) is 0 Å². The van der Waals surface area contributed by atoms with Gasteiger partial charge >= 0.3 is 5.97 Å². The number of esters is 1. The summed E-state index contributed by atoms with van der Waals surface area (Å²) in [4.78, 5) is 25.0. The molecule has 0 spiro atoms. The Morgan fingerprint density at radius 2 is 2.06 bits per heavy atom. The van der Waals surface area contributed by atoms with Crippen LogP contribution in [0, 0.1) is 0 Å². The number of hydrogen-bond acceptors (Lipinski definition) is 4. The number of ether oxygens (including phenoxy) is 1. The van der Waals surface area contributed by atoms with Gasteiger partial charge in [-0.25, -0.2) is 4.79 Å². The maximum atomic E-state index is 11.9. The molecular weight excluding hydrogens is 208 g/mol. The second kappa shape index (κ2) is 5.84. The molecule has 0 heterocycles. The number of carbonyl (C=O) groups excluding carboxylic acids is 2. The second-order valence-corrected chi connectivity index (χ2v) is 3.99. The van der Waals surface area contributed by atoms with Crippen LogP contribution in [-0.4, -0.2) is 42.0 Å². The Labute approximate surface area is 95.9 Å². The van der Waals surface area contributed by atoms with Crippen molar-refractivity contribution in [2.75, 3.05) is 13.2 Å². The van der Waals surface area contributed by atoms with Crippen LogP contribution in [0.3, 0.4) is 0 Å². The van der Waals surface area contributed by atoms with E-state index < -0.39 is 12.0 Å². The van der Waals surface area contributed by atoms with Crippen molar-refractivity contribution in [2.24, 2.45) is 5.73 Å². The lowest BCUT2D eigenvalue weighted by molar-refractivity contribution is -0.151. The maximum Gasteiger partial charge on any atom is 0.332 e. The molecule has 1 rings (SSSR count). The van der Waals surface area contributed by atoms with E-state index in [9.17, 15) is 9.59 Å². The van der Waals surface area contributed by atoms with E-state index in [4.69, 9.17) is 10.5 Å². The van der Waals surface area contributed by atoms with Gasteiger partial charge in [0.05, 0.1) is 6.61 Å². The molecule has 0 bridgehead atoms. The molecule has 92 valence electrons. The third kappa shape index (κ3) is 3.20. The van der Waals surface area contributed by atoms with Gasteiger partial charge in [0.2, 0.25) is 0 Å². The smallest absolute Gasteiger partial charge is 0.332 e. The van der Waals surface area contributed by atoms with Gasteiger partial charge < -0.3 is 15.4 Å². The Kier molecular flexibility index (Phi) is 4.73. The van der Waals surface area contributed by atoms with Crippen molar-refractivity contribution in [3.63, 3.8) is 0 Å². The quantitative estimate of drug-likeness (QED) is 0.523. The van der Waals surface area contributed by atoms with Gasteiger partial charge in [0.1, 0.15) is 0 Å². The number of nitrogens with two attached hydrogens (primary N) is 1. The van der Waals surface area contributed by atoms with E-state index in [0.717, 1.165) is 19.3 Å². The van der Waals surface area contributed by atoms with E-state index in [-0.39, 0.29) is 18.6 Å². The Hall–Kier alpha value is -1.10. The minimum Gasteiger partial charge on any atom is -0.464 e. The predicted molar refractivity (Wildman–Crippen MR) is 59.6 cm³/mol. The van der Waals surface area contributed by atoms with Crippen molar-refractivity contribution in [1.29, 1.82) is 0 Å². The van der Waals surface area contributed by atoms with E-state index in [1.54, 1.807) is 11.8 Å². The highest BCUT2D eigenvalue weighted by molar-refractivity contribution is 6.01. The lowest BCUT2D eigenvalue weighted by atomic mass is 10.2. The van der Waals surface area contributed by atoms with Crippen molar-refractivity contribution >= 4 is 11.9 Å². The first-order valence-corrected chi connectivity index (χ1v) is 5.84. The van der Waals surface area contributed by atoms with Crippen LogP contribution in [-0.2, 0) is 14.3 Å². The highest BCUT2D eigenvalue weighted by Gasteiger charge is 2.36. The summed E-state index contributed by atoms with van der Waals surface area (Å²) in [6.45, 7) is 4.60. The van der Waals surface area contributed by atoms with Gasteiger partial charge in [-0.3, -0.25) is 4.79 Å². The minimum absolute atomic E-state index is 0.247. The van der Waals surface area contributed by atoms with Gasteiger partial charge in [-0.05, 0) is 26.2 Å². The molecule has 0 aromatic heterocycles. The maximum absolute atomic E-state index is 11.9. The summed E-state index contributed by atoms with van der Waals surface area (Å²) >= 11 is 0. The van der Waals surface area contributed by atoms with E-state index in [0.29, 0.717) is 6.54 Å². The molecule has 1 saturated carbocycles. The van der Waals surface area contributed by atoms with E-state index >= 15 is 0 Å². The molecule has 0 aromatic rings. The Bertz CT molecular complexity index is 264. The zero-order chi connectivity index (χ0) is 12.1. The van der Waals surface area contributed by atoms with Crippen LogP contribution in [0.15, 0.2) is 0 Å². The van der Waals surface area contributed by atoms with Gasteiger partial charge in [0.25, 0.3) is 5.91 Å². The summed E-state index contributed by atoms with van der Waals surface area (Å²) < 4.78 is 4.74. The summed E-state index contributed by atoms with van der Waals surface area (Å²) in [5.74, 6) is -0.933. The molecule has 5 nitrogen and oxygen atoms in total. The van der Waals surface area contributed by atoms with Crippen LogP contribution in [0.1, 0.15) is 33.1 Å². The van der Waals surface area contributed by atoms with Crippen LogP contribution in [0.25, 0.3) is 0 Å². The molecule has 0 saturated heterocycles. The number of nitrogens with zero attached hydrogens (tertiary/aromatic N) is 1. The van der Waals surface area contributed by atoms with Crippen molar-refractivity contribution in [2.45, 2.75) is 45.2 Å². The van der Waals surface area contributed by atoms with E-state index in [1.165, 1.54) is 0 Å². The van der Waals surface area contributed by atoms with E-state index in [2.05, 4.69) is 0 Å². The van der Waals surface area contributed by atoms with Crippen molar-refractivity contribution in [1.82, 2.24) is 4.90 Å². The topological polar surface area (TPSA) is 72.6 Å².